The van der Waals surface area contributed by atoms with Crippen molar-refractivity contribution in [1.29, 1.82) is 0 Å². The van der Waals surface area contributed by atoms with Crippen LogP contribution < -0.4 is 5.32 Å². The van der Waals surface area contributed by atoms with Crippen molar-refractivity contribution in [2.45, 2.75) is 0 Å². The average Bonchev–Trinajstić information content (AvgIpc) is 2.45. The largest absolute Gasteiger partial charge is 0.466 e. The first-order valence-electron chi connectivity index (χ1n) is 5.75. The average molecular weight is 255 g/mol. The number of hydrogen-bond acceptors (Lipinski definition) is 3. The van der Waals surface area contributed by atoms with E-state index in [1.807, 2.05) is 42.5 Å². The van der Waals surface area contributed by atoms with Crippen molar-refractivity contribution in [1.82, 2.24) is 0 Å². The van der Waals surface area contributed by atoms with Crippen molar-refractivity contribution in [3.05, 3.63) is 54.6 Å². The minimum atomic E-state index is -0.562. The Morgan fingerprint density at radius 1 is 1.05 bits per heavy atom. The molecule has 0 aromatic heterocycles. The maximum Gasteiger partial charge on any atom is 0.330 e. The number of methoxy groups -OCH3 is 1. The molecule has 0 spiro atoms. The molecule has 0 aliphatic rings. The van der Waals surface area contributed by atoms with Crippen LogP contribution in [0.5, 0.6) is 0 Å². The number of amides is 1. The molecule has 0 fully saturated rings. The van der Waals surface area contributed by atoms with E-state index >= 15 is 0 Å². The molecule has 2 aromatic carbocycles. The lowest BCUT2D eigenvalue weighted by molar-refractivity contribution is -0.135. The van der Waals surface area contributed by atoms with Gasteiger partial charge >= 0.3 is 5.97 Å². The Bertz CT molecular complexity index is 641. The van der Waals surface area contributed by atoms with Crippen LogP contribution in [-0.2, 0) is 14.3 Å². The van der Waals surface area contributed by atoms with Gasteiger partial charge in [0.25, 0.3) is 0 Å². The molecule has 1 amide bonds. The van der Waals surface area contributed by atoms with E-state index in [-0.39, 0.29) is 5.91 Å². The topological polar surface area (TPSA) is 55.4 Å². The molecule has 0 saturated heterocycles. The fourth-order valence-corrected chi connectivity index (χ4v) is 1.72. The smallest absolute Gasteiger partial charge is 0.330 e. The van der Waals surface area contributed by atoms with Crippen LogP contribution in [0.2, 0.25) is 0 Å². The van der Waals surface area contributed by atoms with Gasteiger partial charge in [0.2, 0.25) is 5.91 Å². The van der Waals surface area contributed by atoms with E-state index < -0.39 is 5.97 Å². The molecule has 4 nitrogen and oxygen atoms in total. The minimum Gasteiger partial charge on any atom is -0.466 e. The highest BCUT2D eigenvalue weighted by Crippen LogP contribution is 2.22. The second kappa shape index (κ2) is 5.82. The van der Waals surface area contributed by atoms with E-state index in [1.165, 1.54) is 7.11 Å². The molecule has 2 aromatic rings. The highest BCUT2D eigenvalue weighted by molar-refractivity contribution is 6.07. The molecular weight excluding hydrogens is 242 g/mol. The summed E-state index contributed by atoms with van der Waals surface area (Å²) >= 11 is 0. The van der Waals surface area contributed by atoms with Crippen LogP contribution in [0.15, 0.2) is 54.6 Å². The van der Waals surface area contributed by atoms with Gasteiger partial charge in [0, 0.05) is 23.2 Å². The van der Waals surface area contributed by atoms with Crippen LogP contribution in [0, 0.1) is 0 Å². The molecular formula is C15H13NO3. The number of hydrogen-bond donors (Lipinski definition) is 1. The van der Waals surface area contributed by atoms with Crippen molar-refractivity contribution in [3.8, 4) is 0 Å². The maximum absolute atomic E-state index is 11.7. The summed E-state index contributed by atoms with van der Waals surface area (Å²) in [7, 11) is 1.26. The molecule has 1 N–H and O–H groups in total. The van der Waals surface area contributed by atoms with Crippen LogP contribution in [0.3, 0.4) is 0 Å². The third-order valence-corrected chi connectivity index (χ3v) is 2.62. The molecule has 0 unspecified atom stereocenters. The van der Waals surface area contributed by atoms with Crippen molar-refractivity contribution < 1.29 is 14.3 Å². The van der Waals surface area contributed by atoms with E-state index in [2.05, 4.69) is 10.1 Å². The summed E-state index contributed by atoms with van der Waals surface area (Å²) in [6.07, 6.45) is 2.23. The lowest BCUT2D eigenvalue weighted by Gasteiger charge is -2.06. The summed E-state index contributed by atoms with van der Waals surface area (Å²) in [4.78, 5) is 22.6. The number of esters is 1. The quantitative estimate of drug-likeness (QED) is 0.677. The van der Waals surface area contributed by atoms with Gasteiger partial charge in [-0.25, -0.2) is 4.79 Å². The Hall–Kier alpha value is -2.62. The molecule has 0 aliphatic heterocycles. The van der Waals surface area contributed by atoms with Gasteiger partial charge in [-0.2, -0.15) is 0 Å². The SMILES string of the molecule is COC(=O)C=CC(=O)Nc1cccc2ccccc12. The Kier molecular flexibility index (Phi) is 3.93. The number of carbonyl (C=O) groups excluding carboxylic acids is 2. The lowest BCUT2D eigenvalue weighted by atomic mass is 10.1. The number of benzene rings is 2. The zero-order valence-corrected chi connectivity index (χ0v) is 10.4. The first-order valence-corrected chi connectivity index (χ1v) is 5.75. The van der Waals surface area contributed by atoms with Crippen LogP contribution in [-0.4, -0.2) is 19.0 Å². The van der Waals surface area contributed by atoms with Gasteiger partial charge in [0.05, 0.1) is 7.11 Å². The number of carbonyl (C=O) groups is 2. The fourth-order valence-electron chi connectivity index (χ4n) is 1.72. The molecule has 19 heavy (non-hydrogen) atoms. The molecule has 0 heterocycles. The van der Waals surface area contributed by atoms with E-state index in [0.717, 1.165) is 22.9 Å². The fraction of sp³-hybridized carbons (Fsp3) is 0.0667. The first-order chi connectivity index (χ1) is 9.20. The third kappa shape index (κ3) is 3.19. The van der Waals surface area contributed by atoms with E-state index in [1.54, 1.807) is 0 Å². The molecule has 96 valence electrons. The highest BCUT2D eigenvalue weighted by atomic mass is 16.5. The van der Waals surface area contributed by atoms with E-state index in [4.69, 9.17) is 0 Å². The number of nitrogens with one attached hydrogen (secondary N) is 1. The summed E-state index contributed by atoms with van der Waals surface area (Å²) < 4.78 is 4.42. The Morgan fingerprint density at radius 3 is 2.58 bits per heavy atom. The molecule has 0 atom stereocenters. The van der Waals surface area contributed by atoms with Crippen LogP contribution in [0.25, 0.3) is 10.8 Å². The predicted octanol–water partition coefficient (Wildman–Crippen LogP) is 2.51. The first kappa shape index (κ1) is 12.8. The Balaban J connectivity index is 2.20. The van der Waals surface area contributed by atoms with Crippen LogP contribution in [0.4, 0.5) is 5.69 Å². The van der Waals surface area contributed by atoms with E-state index in [9.17, 15) is 9.59 Å². The molecule has 0 radical (unpaired) electrons. The number of rotatable bonds is 3. The zero-order valence-electron chi connectivity index (χ0n) is 10.4. The molecule has 0 aliphatic carbocycles. The maximum atomic E-state index is 11.7. The van der Waals surface area contributed by atoms with Gasteiger partial charge in [0.15, 0.2) is 0 Å². The second-order valence-corrected chi connectivity index (χ2v) is 3.87. The lowest BCUT2D eigenvalue weighted by Crippen LogP contribution is -2.09. The van der Waals surface area contributed by atoms with Gasteiger partial charge in [-0.1, -0.05) is 36.4 Å². The van der Waals surface area contributed by atoms with Crippen molar-refractivity contribution in [3.63, 3.8) is 0 Å². The summed E-state index contributed by atoms with van der Waals surface area (Å²) in [5, 5.41) is 4.72. The standard InChI is InChI=1S/C15H13NO3/c1-19-15(18)10-9-14(17)16-13-8-4-6-11-5-2-3-7-12(11)13/h2-10H,1H3,(H,16,17). The van der Waals surface area contributed by atoms with Crippen molar-refractivity contribution in [2.75, 3.05) is 12.4 Å². The molecule has 2 rings (SSSR count). The summed E-state index contributed by atoms with van der Waals surface area (Å²) in [5.41, 5.74) is 0.706. The summed E-state index contributed by atoms with van der Waals surface area (Å²) in [6.45, 7) is 0. The number of anilines is 1. The minimum absolute atomic E-state index is 0.373. The van der Waals surface area contributed by atoms with Crippen LogP contribution in [0.1, 0.15) is 0 Å². The molecule has 4 heteroatoms. The molecule has 0 bridgehead atoms. The van der Waals surface area contributed by atoms with Gasteiger partial charge in [0.1, 0.15) is 0 Å². The monoisotopic (exact) mass is 255 g/mol. The van der Waals surface area contributed by atoms with E-state index in [0.29, 0.717) is 5.69 Å². The Morgan fingerprint density at radius 2 is 1.79 bits per heavy atom. The Labute approximate surface area is 110 Å². The summed E-state index contributed by atoms with van der Waals surface area (Å²) in [6, 6.07) is 13.4. The number of fused-ring (bicyclic) bond motifs is 1. The van der Waals surface area contributed by atoms with Gasteiger partial charge in [-0.3, -0.25) is 4.79 Å². The highest BCUT2D eigenvalue weighted by Gasteiger charge is 2.03. The number of ether oxygens (including phenoxy) is 1. The normalized spacial score (nSPS) is 10.6. The second-order valence-electron chi connectivity index (χ2n) is 3.87. The van der Waals surface area contributed by atoms with Gasteiger partial charge in [-0.05, 0) is 11.5 Å². The zero-order chi connectivity index (χ0) is 13.7. The van der Waals surface area contributed by atoms with Gasteiger partial charge < -0.3 is 10.1 Å². The third-order valence-electron chi connectivity index (χ3n) is 2.62. The van der Waals surface area contributed by atoms with Crippen molar-refractivity contribution >= 4 is 28.3 Å². The summed E-state index contributed by atoms with van der Waals surface area (Å²) in [5.74, 6) is -0.935. The molecule has 0 saturated carbocycles. The predicted molar refractivity (Wildman–Crippen MR) is 73.7 cm³/mol. The van der Waals surface area contributed by atoms with Crippen molar-refractivity contribution in [2.24, 2.45) is 0 Å². The van der Waals surface area contributed by atoms with Crippen LogP contribution >= 0.6 is 0 Å². The van der Waals surface area contributed by atoms with Gasteiger partial charge in [-0.15, -0.1) is 0 Å².